The molecule has 1 aliphatic heterocycles. The summed E-state index contributed by atoms with van der Waals surface area (Å²) in [6.07, 6.45) is 3.36. The van der Waals surface area contributed by atoms with Gasteiger partial charge in [-0.05, 0) is 35.1 Å². The summed E-state index contributed by atoms with van der Waals surface area (Å²) in [6.45, 7) is 8.38. The standard InChI is InChI=1S/C24H26N6O/c1-23(2,3)16-8-6-15(7-9-16)20-21(31)29(5)22(26)28-24(20,4)17-10-11-19-27-13-18(12-25)30(19)14-17/h6-11,13-14,20H,1-5H3,(H2,26,28)/t20?,24-/m1/s1. The lowest BCUT2D eigenvalue weighted by Crippen LogP contribution is -2.52. The second-order valence-corrected chi connectivity index (χ2v) is 9.22. The number of likely N-dealkylation sites (N-methyl/N-ethyl adjacent to an activating group) is 1. The number of aromatic nitrogens is 2. The topological polar surface area (TPSA) is 99.8 Å². The number of nitriles is 1. The second kappa shape index (κ2) is 6.95. The van der Waals surface area contributed by atoms with Crippen LogP contribution in [0, 0.1) is 11.3 Å². The van der Waals surface area contributed by atoms with Gasteiger partial charge in [0, 0.05) is 13.2 Å². The number of carbonyl (C=O) groups is 1. The van der Waals surface area contributed by atoms with Gasteiger partial charge in [0.2, 0.25) is 5.91 Å². The second-order valence-electron chi connectivity index (χ2n) is 9.22. The van der Waals surface area contributed by atoms with Crippen molar-refractivity contribution in [3.63, 3.8) is 0 Å². The van der Waals surface area contributed by atoms with Crippen molar-refractivity contribution in [3.8, 4) is 6.07 Å². The summed E-state index contributed by atoms with van der Waals surface area (Å²) in [7, 11) is 1.64. The van der Waals surface area contributed by atoms with Crippen molar-refractivity contribution in [3.05, 3.63) is 71.2 Å². The van der Waals surface area contributed by atoms with E-state index in [1.807, 2.05) is 37.4 Å². The number of amides is 1. The summed E-state index contributed by atoms with van der Waals surface area (Å²) in [4.78, 5) is 23.9. The van der Waals surface area contributed by atoms with Crippen molar-refractivity contribution in [2.24, 2.45) is 10.7 Å². The number of nitrogens with two attached hydrogens (primary N) is 1. The number of fused-ring (bicyclic) bond motifs is 1. The van der Waals surface area contributed by atoms with Gasteiger partial charge in [0.1, 0.15) is 22.9 Å². The third-order valence-corrected chi connectivity index (χ3v) is 6.14. The largest absolute Gasteiger partial charge is 0.369 e. The number of pyridine rings is 1. The zero-order valence-electron chi connectivity index (χ0n) is 18.4. The van der Waals surface area contributed by atoms with E-state index in [9.17, 15) is 10.1 Å². The Bertz CT molecular complexity index is 1240. The van der Waals surface area contributed by atoms with Gasteiger partial charge in [-0.1, -0.05) is 51.1 Å². The highest BCUT2D eigenvalue weighted by Crippen LogP contribution is 2.44. The van der Waals surface area contributed by atoms with E-state index in [0.29, 0.717) is 11.3 Å². The number of aliphatic imine (C=N–C) groups is 1. The Kier molecular flexibility index (Phi) is 4.62. The summed E-state index contributed by atoms with van der Waals surface area (Å²) in [6, 6.07) is 14.0. The molecule has 0 radical (unpaired) electrons. The van der Waals surface area contributed by atoms with Crippen LogP contribution < -0.4 is 5.73 Å². The Morgan fingerprint density at radius 2 is 1.84 bits per heavy atom. The van der Waals surface area contributed by atoms with Crippen LogP contribution in [0.2, 0.25) is 0 Å². The number of carbonyl (C=O) groups excluding carboxylic acids is 1. The molecular weight excluding hydrogens is 388 g/mol. The quantitative estimate of drug-likeness (QED) is 0.695. The average molecular weight is 415 g/mol. The predicted molar refractivity (Wildman–Crippen MR) is 120 cm³/mol. The van der Waals surface area contributed by atoms with Crippen LogP contribution in [-0.4, -0.2) is 33.2 Å². The fraction of sp³-hybridized carbons (Fsp3) is 0.333. The molecule has 1 aliphatic rings. The van der Waals surface area contributed by atoms with Gasteiger partial charge < -0.3 is 5.73 Å². The first-order valence-electron chi connectivity index (χ1n) is 10.2. The fourth-order valence-corrected chi connectivity index (χ4v) is 4.16. The Morgan fingerprint density at radius 1 is 1.16 bits per heavy atom. The third-order valence-electron chi connectivity index (χ3n) is 6.14. The molecule has 0 saturated heterocycles. The molecule has 158 valence electrons. The average Bonchev–Trinajstić information content (AvgIpc) is 3.14. The lowest BCUT2D eigenvalue weighted by molar-refractivity contribution is -0.130. The highest BCUT2D eigenvalue weighted by Gasteiger charge is 2.47. The molecule has 1 amide bonds. The maximum Gasteiger partial charge on any atom is 0.239 e. The van der Waals surface area contributed by atoms with Crippen molar-refractivity contribution in [2.45, 2.75) is 44.6 Å². The molecule has 2 atom stereocenters. The minimum absolute atomic E-state index is 0.0118. The van der Waals surface area contributed by atoms with Crippen LogP contribution in [0.1, 0.15) is 56.0 Å². The summed E-state index contributed by atoms with van der Waals surface area (Å²) in [5.41, 5.74) is 9.12. The number of rotatable bonds is 2. The molecule has 0 bridgehead atoms. The number of benzene rings is 1. The molecule has 3 heterocycles. The Morgan fingerprint density at radius 3 is 2.45 bits per heavy atom. The molecule has 1 aromatic carbocycles. The maximum atomic E-state index is 13.4. The van der Waals surface area contributed by atoms with Crippen molar-refractivity contribution in [1.82, 2.24) is 14.3 Å². The van der Waals surface area contributed by atoms with E-state index < -0.39 is 11.5 Å². The van der Waals surface area contributed by atoms with Gasteiger partial charge >= 0.3 is 0 Å². The van der Waals surface area contributed by atoms with Crippen LogP contribution in [0.15, 0.2) is 53.8 Å². The summed E-state index contributed by atoms with van der Waals surface area (Å²) in [5, 5.41) is 9.41. The molecule has 0 spiro atoms. The summed E-state index contributed by atoms with van der Waals surface area (Å²) >= 11 is 0. The van der Waals surface area contributed by atoms with E-state index in [0.717, 1.165) is 11.1 Å². The van der Waals surface area contributed by atoms with Gasteiger partial charge in [0.15, 0.2) is 5.96 Å². The van der Waals surface area contributed by atoms with Crippen molar-refractivity contribution >= 4 is 17.5 Å². The Balaban J connectivity index is 1.90. The molecule has 0 fully saturated rings. The van der Waals surface area contributed by atoms with E-state index in [4.69, 9.17) is 10.7 Å². The first-order valence-corrected chi connectivity index (χ1v) is 10.2. The highest BCUT2D eigenvalue weighted by atomic mass is 16.2. The maximum absolute atomic E-state index is 13.4. The van der Waals surface area contributed by atoms with E-state index >= 15 is 0 Å². The molecule has 7 heteroatoms. The first kappa shape index (κ1) is 20.6. The minimum atomic E-state index is -0.942. The molecule has 2 N–H and O–H groups in total. The fourth-order valence-electron chi connectivity index (χ4n) is 4.16. The van der Waals surface area contributed by atoms with E-state index in [1.165, 1.54) is 16.7 Å². The van der Waals surface area contributed by atoms with Crippen LogP contribution in [0.25, 0.3) is 5.65 Å². The van der Waals surface area contributed by atoms with Crippen LogP contribution in [0.4, 0.5) is 0 Å². The van der Waals surface area contributed by atoms with Gasteiger partial charge in [-0.3, -0.25) is 14.1 Å². The smallest absolute Gasteiger partial charge is 0.239 e. The van der Waals surface area contributed by atoms with Gasteiger partial charge in [0.05, 0.1) is 12.1 Å². The number of imidazole rings is 1. The first-order chi connectivity index (χ1) is 14.6. The third kappa shape index (κ3) is 3.25. The van der Waals surface area contributed by atoms with Crippen molar-refractivity contribution in [2.75, 3.05) is 7.05 Å². The van der Waals surface area contributed by atoms with Crippen LogP contribution in [0.5, 0.6) is 0 Å². The van der Waals surface area contributed by atoms with Crippen LogP contribution in [-0.2, 0) is 15.7 Å². The zero-order valence-corrected chi connectivity index (χ0v) is 18.4. The molecule has 7 nitrogen and oxygen atoms in total. The minimum Gasteiger partial charge on any atom is -0.369 e. The van der Waals surface area contributed by atoms with Gasteiger partial charge in [0.25, 0.3) is 0 Å². The van der Waals surface area contributed by atoms with Gasteiger partial charge in [-0.25, -0.2) is 9.98 Å². The highest BCUT2D eigenvalue weighted by molar-refractivity contribution is 6.02. The number of hydrogen-bond donors (Lipinski definition) is 1. The Labute approximate surface area is 181 Å². The Hall–Kier alpha value is -3.66. The van der Waals surface area contributed by atoms with Crippen molar-refractivity contribution < 1.29 is 4.79 Å². The van der Waals surface area contributed by atoms with Gasteiger partial charge in [-0.2, -0.15) is 5.26 Å². The molecular formula is C24H26N6O. The molecule has 3 aromatic rings. The normalized spacial score (nSPS) is 21.8. The van der Waals surface area contributed by atoms with E-state index in [1.54, 1.807) is 11.4 Å². The molecule has 2 aromatic heterocycles. The van der Waals surface area contributed by atoms with Gasteiger partial charge in [-0.15, -0.1) is 0 Å². The molecule has 4 rings (SSSR count). The molecule has 1 unspecified atom stereocenters. The predicted octanol–water partition coefficient (Wildman–Crippen LogP) is 3.29. The number of guanidine groups is 1. The van der Waals surface area contributed by atoms with Crippen LogP contribution >= 0.6 is 0 Å². The molecule has 0 saturated carbocycles. The summed E-state index contributed by atoms with van der Waals surface area (Å²) in [5.74, 6) is -0.517. The lowest BCUT2D eigenvalue weighted by atomic mass is 9.74. The number of hydrogen-bond acceptors (Lipinski definition) is 5. The number of nitrogens with zero attached hydrogens (tertiary/aromatic N) is 5. The van der Waals surface area contributed by atoms with E-state index in [2.05, 4.69) is 44.0 Å². The van der Waals surface area contributed by atoms with Crippen LogP contribution in [0.3, 0.4) is 0 Å². The lowest BCUT2D eigenvalue weighted by Gasteiger charge is -2.41. The summed E-state index contributed by atoms with van der Waals surface area (Å²) < 4.78 is 1.72. The van der Waals surface area contributed by atoms with Crippen molar-refractivity contribution in [1.29, 1.82) is 5.26 Å². The molecule has 31 heavy (non-hydrogen) atoms. The molecule has 0 aliphatic carbocycles. The zero-order chi connectivity index (χ0) is 22.6. The monoisotopic (exact) mass is 414 g/mol. The SMILES string of the molecule is CN1C(=O)C(c2ccc(C(C)(C)C)cc2)[C@@](C)(c2ccc3ncc(C#N)n3c2)N=C1N. The van der Waals surface area contributed by atoms with E-state index in [-0.39, 0.29) is 17.3 Å².